The summed E-state index contributed by atoms with van der Waals surface area (Å²) in [6.45, 7) is 3.59. The molecule has 1 aliphatic heterocycles. The van der Waals surface area contributed by atoms with E-state index in [4.69, 9.17) is 16.3 Å². The van der Waals surface area contributed by atoms with Crippen LogP contribution in [0.4, 0.5) is 0 Å². The average Bonchev–Trinajstić information content (AvgIpc) is 2.90. The van der Waals surface area contributed by atoms with Gasteiger partial charge in [0.25, 0.3) is 0 Å². The van der Waals surface area contributed by atoms with E-state index in [1.165, 1.54) is 0 Å². The zero-order chi connectivity index (χ0) is 13.8. The highest BCUT2D eigenvalue weighted by Gasteiger charge is 2.24. The van der Waals surface area contributed by atoms with E-state index in [-0.39, 0.29) is 17.9 Å². The fourth-order valence-corrected chi connectivity index (χ4v) is 2.45. The van der Waals surface area contributed by atoms with E-state index in [1.807, 2.05) is 14.0 Å². The zero-order valence-electron chi connectivity index (χ0n) is 11.4. The summed E-state index contributed by atoms with van der Waals surface area (Å²) in [5, 5.41) is 0.650. The molecule has 1 aromatic rings. The second-order valence-corrected chi connectivity index (χ2v) is 5.56. The van der Waals surface area contributed by atoms with Crippen molar-refractivity contribution in [1.29, 1.82) is 0 Å². The Balaban J connectivity index is 1.95. The fraction of sp³-hybridized carbons (Fsp3) is 0.533. The van der Waals surface area contributed by atoms with E-state index in [2.05, 4.69) is 4.90 Å². The summed E-state index contributed by atoms with van der Waals surface area (Å²) in [6.07, 6.45) is 2.48. The number of Topliss-reactive ketones (excluding diaryl/α,β-unsaturated/α-hetero) is 1. The van der Waals surface area contributed by atoms with Crippen molar-refractivity contribution in [3.05, 3.63) is 34.9 Å². The van der Waals surface area contributed by atoms with Gasteiger partial charge in [0.05, 0.1) is 12.1 Å². The Morgan fingerprint density at radius 2 is 2.16 bits per heavy atom. The lowest BCUT2D eigenvalue weighted by Gasteiger charge is -2.26. The number of likely N-dealkylation sites (N-methyl/N-ethyl adjacent to an activating group) is 1. The second-order valence-electron chi connectivity index (χ2n) is 5.12. The Morgan fingerprint density at radius 1 is 1.47 bits per heavy atom. The maximum Gasteiger partial charge on any atom is 0.179 e. The van der Waals surface area contributed by atoms with Crippen molar-refractivity contribution < 1.29 is 9.53 Å². The molecule has 104 valence electrons. The van der Waals surface area contributed by atoms with Gasteiger partial charge in [0.1, 0.15) is 0 Å². The molecule has 0 bridgehead atoms. The highest BCUT2D eigenvalue weighted by molar-refractivity contribution is 6.30. The molecule has 0 amide bonds. The lowest BCUT2D eigenvalue weighted by atomic mass is 10.0. The summed E-state index contributed by atoms with van der Waals surface area (Å²) in [6, 6.07) is 6.91. The van der Waals surface area contributed by atoms with Crippen molar-refractivity contribution in [3.63, 3.8) is 0 Å². The number of benzene rings is 1. The molecule has 0 saturated carbocycles. The Hall–Kier alpha value is -0.900. The summed E-state index contributed by atoms with van der Waals surface area (Å²) in [5.41, 5.74) is 0.705. The lowest BCUT2D eigenvalue weighted by Crippen LogP contribution is -2.40. The van der Waals surface area contributed by atoms with Crippen molar-refractivity contribution in [3.8, 4) is 0 Å². The molecule has 1 saturated heterocycles. The number of hydrogen-bond donors (Lipinski definition) is 0. The zero-order valence-corrected chi connectivity index (χ0v) is 12.2. The van der Waals surface area contributed by atoms with E-state index in [9.17, 15) is 4.79 Å². The number of hydrogen-bond acceptors (Lipinski definition) is 3. The van der Waals surface area contributed by atoms with Crippen LogP contribution in [0.3, 0.4) is 0 Å². The Kier molecular flexibility index (Phi) is 4.97. The molecule has 3 nitrogen and oxygen atoms in total. The molecule has 2 rings (SSSR count). The van der Waals surface area contributed by atoms with Crippen molar-refractivity contribution >= 4 is 17.4 Å². The summed E-state index contributed by atoms with van der Waals surface area (Å²) in [5.74, 6) is 0.122. The SMILES string of the molecule is CC(C(=O)c1ccc(Cl)cc1)N(C)CC1CCCO1. The first-order valence-corrected chi connectivity index (χ1v) is 7.07. The Labute approximate surface area is 119 Å². The topological polar surface area (TPSA) is 29.5 Å². The minimum Gasteiger partial charge on any atom is -0.377 e. The molecule has 2 atom stereocenters. The molecule has 1 heterocycles. The first kappa shape index (κ1) is 14.5. The number of carbonyl (C=O) groups excluding carboxylic acids is 1. The standard InChI is InChI=1S/C15H20ClNO2/c1-11(17(2)10-14-4-3-9-19-14)15(18)12-5-7-13(16)8-6-12/h5-8,11,14H,3-4,9-10H2,1-2H3. The predicted molar refractivity (Wildman–Crippen MR) is 76.8 cm³/mol. The van der Waals surface area contributed by atoms with Gasteiger partial charge in [0.15, 0.2) is 5.78 Å². The van der Waals surface area contributed by atoms with Gasteiger partial charge in [-0.25, -0.2) is 0 Å². The van der Waals surface area contributed by atoms with Crippen LogP contribution >= 0.6 is 11.6 Å². The van der Waals surface area contributed by atoms with Gasteiger partial charge in [-0.05, 0) is 51.1 Å². The molecule has 2 unspecified atom stereocenters. The van der Waals surface area contributed by atoms with Crippen LogP contribution in [-0.4, -0.2) is 43.0 Å². The lowest BCUT2D eigenvalue weighted by molar-refractivity contribution is 0.0620. The van der Waals surface area contributed by atoms with Crippen molar-refractivity contribution in [2.45, 2.75) is 31.9 Å². The summed E-state index contributed by atoms with van der Waals surface area (Å²) in [7, 11) is 1.97. The first-order chi connectivity index (χ1) is 9.08. The van der Waals surface area contributed by atoms with E-state index in [0.29, 0.717) is 10.6 Å². The number of halogens is 1. The molecule has 1 aromatic carbocycles. The van der Waals surface area contributed by atoms with Gasteiger partial charge in [-0.15, -0.1) is 0 Å². The van der Waals surface area contributed by atoms with Crippen molar-refractivity contribution in [2.24, 2.45) is 0 Å². The van der Waals surface area contributed by atoms with Gasteiger partial charge in [0, 0.05) is 23.7 Å². The quantitative estimate of drug-likeness (QED) is 0.777. The molecule has 0 radical (unpaired) electrons. The molecule has 0 N–H and O–H groups in total. The van der Waals surface area contributed by atoms with Gasteiger partial charge in [-0.3, -0.25) is 9.69 Å². The molecule has 0 spiro atoms. The minimum absolute atomic E-state index is 0.122. The highest BCUT2D eigenvalue weighted by atomic mass is 35.5. The maximum atomic E-state index is 12.3. The van der Waals surface area contributed by atoms with Gasteiger partial charge in [-0.2, -0.15) is 0 Å². The third kappa shape index (κ3) is 3.78. The first-order valence-electron chi connectivity index (χ1n) is 6.69. The van der Waals surface area contributed by atoms with Gasteiger partial charge in [-0.1, -0.05) is 11.6 Å². The van der Waals surface area contributed by atoms with Crippen LogP contribution < -0.4 is 0 Å². The summed E-state index contributed by atoms with van der Waals surface area (Å²) in [4.78, 5) is 14.4. The number of ether oxygens (including phenoxy) is 1. The van der Waals surface area contributed by atoms with Crippen LogP contribution in [0.25, 0.3) is 0 Å². The minimum atomic E-state index is -0.148. The third-order valence-corrected chi connectivity index (χ3v) is 3.94. The molecule has 0 aromatic heterocycles. The van der Waals surface area contributed by atoms with Crippen LogP contribution in [-0.2, 0) is 4.74 Å². The molecule has 0 aliphatic carbocycles. The number of rotatable bonds is 5. The normalized spacial score (nSPS) is 20.7. The van der Waals surface area contributed by atoms with E-state index >= 15 is 0 Å². The maximum absolute atomic E-state index is 12.3. The van der Waals surface area contributed by atoms with Crippen LogP contribution in [0.1, 0.15) is 30.1 Å². The molecule has 1 fully saturated rings. The number of carbonyl (C=O) groups is 1. The highest BCUT2D eigenvalue weighted by Crippen LogP contribution is 2.16. The predicted octanol–water partition coefficient (Wildman–Crippen LogP) is 3.02. The third-order valence-electron chi connectivity index (χ3n) is 3.68. The van der Waals surface area contributed by atoms with Crippen molar-refractivity contribution in [2.75, 3.05) is 20.2 Å². The van der Waals surface area contributed by atoms with E-state index in [1.54, 1.807) is 24.3 Å². The molecule has 1 aliphatic rings. The van der Waals surface area contributed by atoms with Gasteiger partial charge >= 0.3 is 0 Å². The molecular weight excluding hydrogens is 262 g/mol. The molecular formula is C15H20ClNO2. The van der Waals surface area contributed by atoms with E-state index < -0.39 is 0 Å². The van der Waals surface area contributed by atoms with Crippen LogP contribution in [0.15, 0.2) is 24.3 Å². The number of nitrogens with zero attached hydrogens (tertiary/aromatic N) is 1. The number of ketones is 1. The fourth-order valence-electron chi connectivity index (χ4n) is 2.32. The average molecular weight is 282 g/mol. The molecule has 19 heavy (non-hydrogen) atoms. The van der Waals surface area contributed by atoms with Crippen LogP contribution in [0, 0.1) is 0 Å². The summed E-state index contributed by atoms with van der Waals surface area (Å²) >= 11 is 5.83. The van der Waals surface area contributed by atoms with Crippen LogP contribution in [0.5, 0.6) is 0 Å². The Morgan fingerprint density at radius 3 is 2.74 bits per heavy atom. The van der Waals surface area contributed by atoms with Gasteiger partial charge in [0.2, 0.25) is 0 Å². The van der Waals surface area contributed by atoms with Crippen molar-refractivity contribution in [1.82, 2.24) is 4.90 Å². The van der Waals surface area contributed by atoms with E-state index in [0.717, 1.165) is 26.0 Å². The Bertz CT molecular complexity index is 426. The summed E-state index contributed by atoms with van der Waals surface area (Å²) < 4.78 is 5.60. The second kappa shape index (κ2) is 6.51. The molecule has 4 heteroatoms. The largest absolute Gasteiger partial charge is 0.377 e. The van der Waals surface area contributed by atoms with Gasteiger partial charge < -0.3 is 4.74 Å². The smallest absolute Gasteiger partial charge is 0.179 e. The van der Waals surface area contributed by atoms with Crippen LogP contribution in [0.2, 0.25) is 5.02 Å². The monoisotopic (exact) mass is 281 g/mol.